The molecule has 2 aliphatic heterocycles. The Bertz CT molecular complexity index is 1230. The Labute approximate surface area is 205 Å². The summed E-state index contributed by atoms with van der Waals surface area (Å²) in [6, 6.07) is 7.02. The zero-order chi connectivity index (χ0) is 24.2. The normalized spacial score (nSPS) is 24.4. The highest BCUT2D eigenvalue weighted by molar-refractivity contribution is 5.99. The second kappa shape index (κ2) is 8.48. The Hall–Kier alpha value is -3.20. The van der Waals surface area contributed by atoms with E-state index in [0.29, 0.717) is 36.1 Å². The molecule has 184 valence electrons. The molecule has 1 spiro atoms. The fraction of sp³-hybridized carbons (Fsp3) is 0.538. The average molecular weight is 475 g/mol. The number of aromatic nitrogens is 4. The lowest BCUT2D eigenvalue weighted by Crippen LogP contribution is -2.55. The van der Waals surface area contributed by atoms with E-state index in [4.69, 9.17) is 4.98 Å². The first-order chi connectivity index (χ1) is 16.9. The van der Waals surface area contributed by atoms with Gasteiger partial charge in [0.1, 0.15) is 17.2 Å². The van der Waals surface area contributed by atoms with Crippen LogP contribution in [0.3, 0.4) is 0 Å². The number of rotatable bonds is 3. The molecule has 0 unspecified atom stereocenters. The fourth-order valence-electron chi connectivity index (χ4n) is 6.10. The Morgan fingerprint density at radius 2 is 1.83 bits per heavy atom. The molecule has 2 atom stereocenters. The monoisotopic (exact) mass is 474 g/mol. The molecular weight excluding hydrogens is 440 g/mol. The van der Waals surface area contributed by atoms with E-state index in [1.165, 1.54) is 19.3 Å². The third-order valence-electron chi connectivity index (χ3n) is 8.32. The van der Waals surface area contributed by atoms with E-state index in [1.807, 2.05) is 18.3 Å². The maximum atomic E-state index is 12.7. The minimum atomic E-state index is -0.0917. The van der Waals surface area contributed by atoms with E-state index < -0.39 is 0 Å². The molecule has 2 fully saturated rings. The molecule has 3 aromatic rings. The highest BCUT2D eigenvalue weighted by Crippen LogP contribution is 2.40. The molecule has 0 radical (unpaired) electrons. The van der Waals surface area contributed by atoms with Gasteiger partial charge in [-0.1, -0.05) is 19.3 Å². The maximum absolute atomic E-state index is 12.7. The van der Waals surface area contributed by atoms with Gasteiger partial charge < -0.3 is 20.1 Å². The molecule has 9 heteroatoms. The molecule has 1 saturated heterocycles. The first kappa shape index (κ1) is 22.3. The standard InChI is InChI=1S/C26H34N8O/c1-17-14-33(15-18(2)32(17)3)20-7-8-22(27-13-20)30-25-28-12-19-11-21-24(35)29-16-26(9-5-4-6-10-26)34(21)23(19)31-25/h7-8,11-13,17-18H,4-6,9-10,14-16H2,1-3H3,(H,29,35)(H,27,28,30,31)/t17-,18+. The molecule has 6 rings (SSSR count). The van der Waals surface area contributed by atoms with E-state index in [2.05, 4.69) is 61.9 Å². The van der Waals surface area contributed by atoms with Crippen LogP contribution >= 0.6 is 0 Å². The van der Waals surface area contributed by atoms with Gasteiger partial charge in [0.15, 0.2) is 0 Å². The summed E-state index contributed by atoms with van der Waals surface area (Å²) in [5.41, 5.74) is 2.56. The number of hydrogen-bond donors (Lipinski definition) is 2. The number of amides is 1. The van der Waals surface area contributed by atoms with Crippen LogP contribution in [-0.2, 0) is 5.54 Å². The molecule has 1 aliphatic carbocycles. The summed E-state index contributed by atoms with van der Waals surface area (Å²) in [7, 11) is 2.19. The number of piperazine rings is 1. The van der Waals surface area contributed by atoms with Gasteiger partial charge in [-0.15, -0.1) is 0 Å². The van der Waals surface area contributed by atoms with E-state index in [1.54, 1.807) is 6.20 Å². The average Bonchev–Trinajstić information content (AvgIpc) is 3.26. The van der Waals surface area contributed by atoms with E-state index >= 15 is 0 Å². The van der Waals surface area contributed by atoms with Crippen LogP contribution in [0.1, 0.15) is 56.4 Å². The smallest absolute Gasteiger partial charge is 0.268 e. The maximum Gasteiger partial charge on any atom is 0.268 e. The van der Waals surface area contributed by atoms with Crippen molar-refractivity contribution < 1.29 is 4.79 Å². The number of hydrogen-bond acceptors (Lipinski definition) is 7. The fourth-order valence-corrected chi connectivity index (χ4v) is 6.10. The molecular formula is C26H34N8O. The zero-order valence-electron chi connectivity index (χ0n) is 20.8. The molecule has 5 heterocycles. The SMILES string of the molecule is C[C@@H]1CN(c2ccc(Nc3ncc4cc5n(c4n3)C3(CCCCC3)CNC5=O)nc2)C[C@H](C)N1C. The lowest BCUT2D eigenvalue weighted by atomic mass is 9.80. The highest BCUT2D eigenvalue weighted by Gasteiger charge is 2.41. The topological polar surface area (TPSA) is 91.2 Å². The second-order valence-electron chi connectivity index (χ2n) is 10.6. The number of fused-ring (bicyclic) bond motifs is 4. The van der Waals surface area contributed by atoms with Crippen LogP contribution in [0.5, 0.6) is 0 Å². The number of carbonyl (C=O) groups is 1. The van der Waals surface area contributed by atoms with Crippen LogP contribution in [-0.4, -0.2) is 69.1 Å². The van der Waals surface area contributed by atoms with Crippen LogP contribution in [0.2, 0.25) is 0 Å². The summed E-state index contributed by atoms with van der Waals surface area (Å²) in [6.45, 7) is 7.18. The van der Waals surface area contributed by atoms with Gasteiger partial charge in [-0.25, -0.2) is 9.97 Å². The van der Waals surface area contributed by atoms with Crippen molar-refractivity contribution in [3.63, 3.8) is 0 Å². The van der Waals surface area contributed by atoms with Crippen LogP contribution in [0, 0.1) is 0 Å². The minimum Gasteiger partial charge on any atom is -0.367 e. The number of likely N-dealkylation sites (N-methyl/N-ethyl adjacent to an activating group) is 1. The molecule has 3 aromatic heterocycles. The largest absolute Gasteiger partial charge is 0.367 e. The van der Waals surface area contributed by atoms with Gasteiger partial charge in [0, 0.05) is 43.3 Å². The van der Waals surface area contributed by atoms with Crippen molar-refractivity contribution in [2.24, 2.45) is 0 Å². The first-order valence-corrected chi connectivity index (χ1v) is 12.8. The van der Waals surface area contributed by atoms with Crippen molar-refractivity contribution in [2.75, 3.05) is 36.9 Å². The predicted octanol–water partition coefficient (Wildman–Crippen LogP) is 3.50. The Kier molecular flexibility index (Phi) is 5.40. The molecule has 9 nitrogen and oxygen atoms in total. The molecule has 0 bridgehead atoms. The Morgan fingerprint density at radius 3 is 2.54 bits per heavy atom. The van der Waals surface area contributed by atoms with Gasteiger partial charge in [-0.2, -0.15) is 4.98 Å². The van der Waals surface area contributed by atoms with Gasteiger partial charge >= 0.3 is 0 Å². The van der Waals surface area contributed by atoms with Gasteiger partial charge in [-0.3, -0.25) is 9.69 Å². The number of carbonyl (C=O) groups excluding carboxylic acids is 1. The summed E-state index contributed by atoms with van der Waals surface area (Å²) in [6.07, 6.45) is 9.44. The number of pyridine rings is 1. The molecule has 3 aliphatic rings. The lowest BCUT2D eigenvalue weighted by molar-refractivity contribution is 0.0833. The quantitative estimate of drug-likeness (QED) is 0.600. The molecule has 0 aromatic carbocycles. The third-order valence-corrected chi connectivity index (χ3v) is 8.32. The van der Waals surface area contributed by atoms with Crippen molar-refractivity contribution in [1.82, 2.24) is 29.7 Å². The molecule has 1 amide bonds. The highest BCUT2D eigenvalue weighted by atomic mass is 16.2. The van der Waals surface area contributed by atoms with Gasteiger partial charge in [0.2, 0.25) is 5.95 Å². The van der Waals surface area contributed by atoms with Gasteiger partial charge in [0.25, 0.3) is 5.91 Å². The van der Waals surface area contributed by atoms with Crippen LogP contribution in [0.25, 0.3) is 11.0 Å². The van der Waals surface area contributed by atoms with E-state index in [-0.39, 0.29) is 11.4 Å². The number of anilines is 3. The van der Waals surface area contributed by atoms with Gasteiger partial charge in [-0.05, 0) is 51.9 Å². The minimum absolute atomic E-state index is 0.0292. The second-order valence-corrected chi connectivity index (χ2v) is 10.6. The van der Waals surface area contributed by atoms with Crippen molar-refractivity contribution in [3.05, 3.63) is 36.3 Å². The van der Waals surface area contributed by atoms with Crippen molar-refractivity contribution >= 4 is 34.4 Å². The summed E-state index contributed by atoms with van der Waals surface area (Å²) >= 11 is 0. The zero-order valence-corrected chi connectivity index (χ0v) is 20.8. The predicted molar refractivity (Wildman–Crippen MR) is 137 cm³/mol. The summed E-state index contributed by atoms with van der Waals surface area (Å²) in [4.78, 5) is 31.5. The summed E-state index contributed by atoms with van der Waals surface area (Å²) in [5, 5.41) is 7.29. The Morgan fingerprint density at radius 1 is 1.06 bits per heavy atom. The molecule has 35 heavy (non-hydrogen) atoms. The number of nitrogens with zero attached hydrogens (tertiary/aromatic N) is 6. The van der Waals surface area contributed by atoms with Crippen molar-refractivity contribution in [2.45, 2.75) is 63.6 Å². The van der Waals surface area contributed by atoms with Crippen LogP contribution in [0.15, 0.2) is 30.6 Å². The number of nitrogens with one attached hydrogen (secondary N) is 2. The lowest BCUT2D eigenvalue weighted by Gasteiger charge is -2.43. The Balaban J connectivity index is 1.27. The van der Waals surface area contributed by atoms with Gasteiger partial charge in [0.05, 0.1) is 17.4 Å². The van der Waals surface area contributed by atoms with Crippen molar-refractivity contribution in [3.8, 4) is 0 Å². The molecule has 1 saturated carbocycles. The summed E-state index contributed by atoms with van der Waals surface area (Å²) < 4.78 is 2.19. The third kappa shape index (κ3) is 3.82. The van der Waals surface area contributed by atoms with Crippen LogP contribution < -0.4 is 15.5 Å². The first-order valence-electron chi connectivity index (χ1n) is 12.8. The summed E-state index contributed by atoms with van der Waals surface area (Å²) in [5.74, 6) is 1.18. The van der Waals surface area contributed by atoms with E-state index in [0.717, 1.165) is 42.7 Å². The molecule has 2 N–H and O–H groups in total. The van der Waals surface area contributed by atoms with Crippen molar-refractivity contribution in [1.29, 1.82) is 0 Å². The van der Waals surface area contributed by atoms with E-state index in [9.17, 15) is 4.79 Å². The van der Waals surface area contributed by atoms with Crippen LogP contribution in [0.4, 0.5) is 17.5 Å².